The molecule has 0 atom stereocenters. The molecule has 2 aromatic heterocycles. The van der Waals surface area contributed by atoms with Crippen LogP contribution in [0, 0.1) is 0 Å². The largest absolute Gasteiger partial charge is 0.362 e. The molecule has 0 fully saturated rings. The Labute approximate surface area is 181 Å². The number of aromatic nitrogens is 3. The predicted molar refractivity (Wildman–Crippen MR) is 118 cm³/mol. The highest BCUT2D eigenvalue weighted by Crippen LogP contribution is 2.26. The van der Waals surface area contributed by atoms with Crippen LogP contribution in [0.2, 0.25) is 0 Å². The summed E-state index contributed by atoms with van der Waals surface area (Å²) in [7, 11) is 0. The maximum Gasteiger partial charge on any atom is 0.273 e. The molecule has 0 unspecified atom stereocenters. The summed E-state index contributed by atoms with van der Waals surface area (Å²) in [5, 5.41) is 4.35. The smallest absolute Gasteiger partial charge is 0.273 e. The van der Waals surface area contributed by atoms with Crippen LogP contribution in [0.1, 0.15) is 47.8 Å². The van der Waals surface area contributed by atoms with Gasteiger partial charge in [-0.15, -0.1) is 0 Å². The average Bonchev–Trinajstić information content (AvgIpc) is 3.24. The molecule has 0 saturated carbocycles. The second kappa shape index (κ2) is 8.99. The van der Waals surface area contributed by atoms with Gasteiger partial charge in [0.1, 0.15) is 0 Å². The van der Waals surface area contributed by atoms with E-state index in [2.05, 4.69) is 27.0 Å². The fourth-order valence-corrected chi connectivity index (χ4v) is 3.93. The Morgan fingerprint density at radius 3 is 2.68 bits per heavy atom. The van der Waals surface area contributed by atoms with Crippen LogP contribution in [-0.4, -0.2) is 39.7 Å². The number of carbonyl (C=O) groups excluding carboxylic acids is 2. The molecule has 0 spiro atoms. The van der Waals surface area contributed by atoms with Crippen molar-refractivity contribution in [2.45, 2.75) is 32.6 Å². The Hall–Kier alpha value is -3.68. The number of benzene rings is 1. The number of hydrogen-bond donors (Lipinski definition) is 2. The number of para-hydroxylation sites is 1. The van der Waals surface area contributed by atoms with Gasteiger partial charge in [0.15, 0.2) is 5.82 Å². The monoisotopic (exact) mass is 418 g/mol. The van der Waals surface area contributed by atoms with E-state index in [0.717, 1.165) is 30.8 Å². The molecule has 0 radical (unpaired) electrons. The van der Waals surface area contributed by atoms with Gasteiger partial charge in [-0.1, -0.05) is 38.1 Å². The van der Waals surface area contributed by atoms with Crippen molar-refractivity contribution in [3.8, 4) is 5.82 Å². The molecule has 1 aromatic carbocycles. The third-order valence-corrected chi connectivity index (χ3v) is 5.32. The summed E-state index contributed by atoms with van der Waals surface area (Å²) in [6.07, 6.45) is 5.20. The minimum absolute atomic E-state index is 0.0332. The van der Waals surface area contributed by atoms with E-state index in [-0.39, 0.29) is 18.4 Å². The zero-order valence-electron chi connectivity index (χ0n) is 17.7. The molecule has 0 saturated heterocycles. The van der Waals surface area contributed by atoms with Gasteiger partial charge >= 0.3 is 0 Å². The standard InChI is InChI=1S/C23H26N6O2/c1-16(2)22-18(14-25-29(22)20-11-5-6-12-24-20)23(31)27-26-21(30)15-28-13-7-9-17-8-3-4-10-19(17)28/h3-6,8,10-12,14,16H,7,9,13,15H2,1-2H3,(H,26,30)(H,27,31). The first kappa shape index (κ1) is 20.6. The van der Waals surface area contributed by atoms with Crippen LogP contribution in [0.25, 0.3) is 5.82 Å². The minimum atomic E-state index is -0.404. The molecule has 8 nitrogen and oxygen atoms in total. The van der Waals surface area contributed by atoms with Crippen LogP contribution >= 0.6 is 0 Å². The fourth-order valence-electron chi connectivity index (χ4n) is 3.93. The summed E-state index contributed by atoms with van der Waals surface area (Å²) in [5.74, 6) is -0.00426. The Morgan fingerprint density at radius 2 is 1.90 bits per heavy atom. The van der Waals surface area contributed by atoms with Crippen LogP contribution in [0.5, 0.6) is 0 Å². The molecule has 31 heavy (non-hydrogen) atoms. The number of rotatable bonds is 5. The van der Waals surface area contributed by atoms with E-state index in [1.165, 1.54) is 11.8 Å². The third-order valence-electron chi connectivity index (χ3n) is 5.32. The summed E-state index contributed by atoms with van der Waals surface area (Å²) in [6, 6.07) is 13.6. The lowest BCUT2D eigenvalue weighted by molar-refractivity contribution is -0.120. The SMILES string of the molecule is CC(C)c1c(C(=O)NNC(=O)CN2CCCc3ccccc32)cnn1-c1ccccn1. The number of amides is 2. The van der Waals surface area contributed by atoms with Gasteiger partial charge in [-0.2, -0.15) is 5.10 Å². The zero-order chi connectivity index (χ0) is 21.8. The highest BCUT2D eigenvalue weighted by atomic mass is 16.2. The number of hydrogen-bond acceptors (Lipinski definition) is 5. The second-order valence-corrected chi connectivity index (χ2v) is 7.85. The molecule has 1 aliphatic heterocycles. The molecular formula is C23H26N6O2. The third kappa shape index (κ3) is 4.42. The van der Waals surface area contributed by atoms with Crippen molar-refractivity contribution in [1.82, 2.24) is 25.6 Å². The molecule has 160 valence electrons. The van der Waals surface area contributed by atoms with Crippen LogP contribution in [0.3, 0.4) is 0 Å². The minimum Gasteiger partial charge on any atom is -0.362 e. The average molecular weight is 419 g/mol. The lowest BCUT2D eigenvalue weighted by Crippen LogP contribution is -2.47. The van der Waals surface area contributed by atoms with Crippen LogP contribution in [0.15, 0.2) is 54.9 Å². The number of nitrogens with zero attached hydrogens (tertiary/aromatic N) is 4. The van der Waals surface area contributed by atoms with Crippen molar-refractivity contribution < 1.29 is 9.59 Å². The van der Waals surface area contributed by atoms with Crippen LogP contribution in [-0.2, 0) is 11.2 Å². The normalized spacial score (nSPS) is 13.1. The van der Waals surface area contributed by atoms with Gasteiger partial charge in [0.2, 0.25) is 0 Å². The fraction of sp³-hybridized carbons (Fsp3) is 0.304. The molecule has 8 heteroatoms. The number of carbonyl (C=O) groups is 2. The van der Waals surface area contributed by atoms with E-state index in [9.17, 15) is 9.59 Å². The number of nitrogens with one attached hydrogen (secondary N) is 2. The molecule has 3 heterocycles. The first-order valence-electron chi connectivity index (χ1n) is 10.5. The van der Waals surface area contributed by atoms with Crippen molar-refractivity contribution in [3.63, 3.8) is 0 Å². The Balaban J connectivity index is 1.43. The van der Waals surface area contributed by atoms with Gasteiger partial charge in [0, 0.05) is 18.4 Å². The van der Waals surface area contributed by atoms with Gasteiger partial charge in [-0.05, 0) is 42.5 Å². The van der Waals surface area contributed by atoms with Crippen LogP contribution in [0.4, 0.5) is 5.69 Å². The molecule has 4 rings (SSSR count). The van der Waals surface area contributed by atoms with Crippen molar-refractivity contribution in [1.29, 1.82) is 0 Å². The first-order chi connectivity index (χ1) is 15.0. The molecule has 2 amide bonds. The number of pyridine rings is 1. The maximum atomic E-state index is 12.8. The van der Waals surface area contributed by atoms with Crippen molar-refractivity contribution in [3.05, 3.63) is 71.7 Å². The van der Waals surface area contributed by atoms with Gasteiger partial charge in [-0.25, -0.2) is 9.67 Å². The van der Waals surface area contributed by atoms with Gasteiger partial charge in [0.05, 0.1) is 24.0 Å². The number of fused-ring (bicyclic) bond motifs is 1. The molecule has 2 N–H and O–H groups in total. The number of aryl methyl sites for hydroxylation is 1. The predicted octanol–water partition coefficient (Wildman–Crippen LogP) is 2.60. The Bertz CT molecular complexity index is 1080. The lowest BCUT2D eigenvalue weighted by Gasteiger charge is -2.30. The second-order valence-electron chi connectivity index (χ2n) is 7.85. The van der Waals surface area contributed by atoms with Crippen molar-refractivity contribution in [2.75, 3.05) is 18.0 Å². The molecule has 3 aromatic rings. The van der Waals surface area contributed by atoms with Crippen LogP contribution < -0.4 is 15.8 Å². The summed E-state index contributed by atoms with van der Waals surface area (Å²) in [5.41, 5.74) is 8.54. The highest BCUT2D eigenvalue weighted by molar-refractivity contribution is 5.96. The summed E-state index contributed by atoms with van der Waals surface area (Å²) in [4.78, 5) is 31.7. The van der Waals surface area contributed by atoms with Gasteiger partial charge < -0.3 is 4.90 Å². The number of hydrazine groups is 1. The van der Waals surface area contributed by atoms with Crippen molar-refractivity contribution >= 4 is 17.5 Å². The topological polar surface area (TPSA) is 92.2 Å². The summed E-state index contributed by atoms with van der Waals surface area (Å²) < 4.78 is 1.66. The Morgan fingerprint density at radius 1 is 1.10 bits per heavy atom. The molecule has 1 aliphatic rings. The summed E-state index contributed by atoms with van der Waals surface area (Å²) >= 11 is 0. The molecule has 0 aliphatic carbocycles. The highest BCUT2D eigenvalue weighted by Gasteiger charge is 2.23. The van der Waals surface area contributed by atoms with E-state index in [0.29, 0.717) is 11.4 Å². The van der Waals surface area contributed by atoms with E-state index in [1.54, 1.807) is 10.9 Å². The Kier molecular flexibility index (Phi) is 5.97. The summed E-state index contributed by atoms with van der Waals surface area (Å²) in [6.45, 7) is 4.97. The zero-order valence-corrected chi connectivity index (χ0v) is 17.7. The molecular weight excluding hydrogens is 392 g/mol. The maximum absolute atomic E-state index is 12.8. The van der Waals surface area contributed by atoms with Gasteiger partial charge in [-0.3, -0.25) is 20.4 Å². The lowest BCUT2D eigenvalue weighted by atomic mass is 10.0. The quantitative estimate of drug-likeness (QED) is 0.622. The van der Waals surface area contributed by atoms with E-state index >= 15 is 0 Å². The van der Waals surface area contributed by atoms with Crippen molar-refractivity contribution in [2.24, 2.45) is 0 Å². The van der Waals surface area contributed by atoms with E-state index in [1.807, 2.05) is 55.1 Å². The van der Waals surface area contributed by atoms with E-state index < -0.39 is 5.91 Å². The first-order valence-corrected chi connectivity index (χ1v) is 10.5. The number of anilines is 1. The molecule has 0 bridgehead atoms. The van der Waals surface area contributed by atoms with Gasteiger partial charge in [0.25, 0.3) is 11.8 Å². The van der Waals surface area contributed by atoms with E-state index in [4.69, 9.17) is 0 Å².